The Hall–Kier alpha value is -6.98. The highest BCUT2D eigenvalue weighted by atomic mass is 16.4. The topological polar surface area (TPSA) is 278 Å². The average Bonchev–Trinajstić information content (AvgIpc) is 3.97. The van der Waals surface area contributed by atoms with Crippen molar-refractivity contribution < 1.29 is 48.3 Å². The molecule has 358 valence electrons. The van der Waals surface area contributed by atoms with Crippen LogP contribution in [0.4, 0.5) is 0 Å². The second kappa shape index (κ2) is 25.1. The van der Waals surface area contributed by atoms with Crippen molar-refractivity contribution in [1.82, 2.24) is 41.5 Å². The number of benzene rings is 2. The van der Waals surface area contributed by atoms with Gasteiger partial charge in [-0.15, -0.1) is 0 Å². The number of aromatic amines is 2. The summed E-state index contributed by atoms with van der Waals surface area (Å²) in [6, 6.07) is 11.4. The van der Waals surface area contributed by atoms with Crippen molar-refractivity contribution in [2.24, 2.45) is 17.8 Å². The summed E-state index contributed by atoms with van der Waals surface area (Å²) < 4.78 is 0. The number of para-hydroxylation sites is 1. The van der Waals surface area contributed by atoms with E-state index >= 15 is 0 Å². The fourth-order valence-electron chi connectivity index (χ4n) is 8.28. The third-order valence-electron chi connectivity index (χ3n) is 12.1. The highest BCUT2D eigenvalue weighted by Gasteiger charge is 2.35. The zero-order chi connectivity index (χ0) is 48.5. The van der Waals surface area contributed by atoms with E-state index in [0.717, 1.165) is 17.3 Å². The predicted molar refractivity (Wildman–Crippen MR) is 247 cm³/mol. The third-order valence-corrected chi connectivity index (χ3v) is 12.1. The van der Waals surface area contributed by atoms with Crippen molar-refractivity contribution in [3.8, 4) is 0 Å². The van der Waals surface area contributed by atoms with E-state index in [-0.39, 0.29) is 64.3 Å². The van der Waals surface area contributed by atoms with Gasteiger partial charge in [-0.2, -0.15) is 0 Å². The number of carbonyl (C=O) groups is 9. The van der Waals surface area contributed by atoms with Crippen LogP contribution >= 0.6 is 0 Å². The van der Waals surface area contributed by atoms with Crippen LogP contribution in [0.1, 0.15) is 95.4 Å². The molecule has 1 fully saturated rings. The molecule has 5 amide bonds. The Bertz CT molecular complexity index is 2360. The van der Waals surface area contributed by atoms with E-state index in [9.17, 15) is 48.3 Å². The summed E-state index contributed by atoms with van der Waals surface area (Å²) in [7, 11) is 0. The molecule has 7 atom stereocenters. The summed E-state index contributed by atoms with van der Waals surface area (Å²) in [6.45, 7) is 4.64. The highest BCUT2D eigenvalue weighted by molar-refractivity contribution is 5.98. The standard InChI is InChI=1S/C49H62N8O10/c1-4-5-14-38(54-30(3)58)46(63)55-39-16-17-45(62)51-19-18-32(43(60)24-33(49(66)67)22-34-26-52-37-15-10-9-13-36(34)37)23-42(59)29(2)20-44(61)40(21-31-11-7-6-8-12-31)56-48(65)41(57-47(39)64)25-35-27-50-28-53-35/h6-13,15,26-29,32-33,38-41,52H,4-5,14,16-25H2,1-3H3,(H,50,53)(H,51,62)(H,54,58)(H,55,63)(H,56,65)(H,57,64)(H,66,67)/t29-,32-,33-,38+,39+,40-,41+/m1/s1. The number of imidazole rings is 1. The van der Waals surface area contributed by atoms with Crippen LogP contribution in [-0.2, 0) is 62.4 Å². The fraction of sp³-hybridized carbons (Fsp3) is 0.469. The first kappa shape index (κ1) is 51.0. The molecule has 1 saturated heterocycles. The van der Waals surface area contributed by atoms with Crippen LogP contribution in [0.5, 0.6) is 0 Å². The van der Waals surface area contributed by atoms with Crippen molar-refractivity contribution in [1.29, 1.82) is 0 Å². The Labute approximate surface area is 389 Å². The number of nitrogens with zero attached hydrogens (tertiary/aromatic N) is 1. The van der Waals surface area contributed by atoms with Gasteiger partial charge in [0.1, 0.15) is 29.7 Å². The number of fused-ring (bicyclic) bond motifs is 1. The van der Waals surface area contributed by atoms with Crippen molar-refractivity contribution in [3.05, 3.63) is 90.1 Å². The van der Waals surface area contributed by atoms with Gasteiger partial charge in [0, 0.05) is 86.4 Å². The van der Waals surface area contributed by atoms with Crippen LogP contribution in [0.3, 0.4) is 0 Å². The van der Waals surface area contributed by atoms with Crippen molar-refractivity contribution in [2.75, 3.05) is 6.54 Å². The molecule has 67 heavy (non-hydrogen) atoms. The van der Waals surface area contributed by atoms with Crippen LogP contribution < -0.4 is 26.6 Å². The lowest BCUT2D eigenvalue weighted by Gasteiger charge is -2.26. The summed E-state index contributed by atoms with van der Waals surface area (Å²) in [4.78, 5) is 133. The molecule has 0 spiro atoms. The Balaban J connectivity index is 1.45. The molecule has 0 aliphatic carbocycles. The first-order chi connectivity index (χ1) is 32.1. The number of carboxylic acids is 1. The van der Waals surface area contributed by atoms with Crippen LogP contribution in [0.15, 0.2) is 73.3 Å². The second-order valence-electron chi connectivity index (χ2n) is 17.4. The SMILES string of the molecule is CCCC[C@H](NC(C)=O)C(=O)N[C@H]1CCC(=O)NCC[C@@H](C(=O)C[C@@H](Cc2c[nH]c3ccccc23)C(=O)O)CC(=O)[C@H](C)CC(=O)[C@@H](Cc2ccccc2)NC(=O)[C@H](Cc2cnc[nH]2)NC1=O. The molecule has 4 aromatic rings. The maximum atomic E-state index is 14.3. The van der Waals surface area contributed by atoms with E-state index in [1.165, 1.54) is 19.4 Å². The molecule has 2 aromatic heterocycles. The first-order valence-electron chi connectivity index (χ1n) is 22.9. The number of ketones is 3. The number of nitrogens with one attached hydrogen (secondary N) is 7. The lowest BCUT2D eigenvalue weighted by molar-refractivity contribution is -0.144. The number of carbonyl (C=O) groups excluding carboxylic acids is 8. The third kappa shape index (κ3) is 15.6. The lowest BCUT2D eigenvalue weighted by Crippen LogP contribution is -2.58. The van der Waals surface area contributed by atoms with Gasteiger partial charge in [-0.1, -0.05) is 75.2 Å². The Morgan fingerprint density at radius 1 is 0.866 bits per heavy atom. The maximum Gasteiger partial charge on any atom is 0.307 e. The first-order valence-corrected chi connectivity index (χ1v) is 22.9. The normalized spacial score (nSPS) is 21.4. The van der Waals surface area contributed by atoms with Gasteiger partial charge in [-0.3, -0.25) is 43.2 Å². The molecule has 18 nitrogen and oxygen atoms in total. The largest absolute Gasteiger partial charge is 0.481 e. The Kier molecular flexibility index (Phi) is 19.1. The monoisotopic (exact) mass is 922 g/mol. The minimum absolute atomic E-state index is 0.0329. The molecule has 0 unspecified atom stereocenters. The van der Waals surface area contributed by atoms with Gasteiger partial charge in [-0.25, -0.2) is 4.98 Å². The number of carboxylic acid groups (broad SMARTS) is 1. The van der Waals surface area contributed by atoms with Gasteiger partial charge in [0.2, 0.25) is 29.5 Å². The van der Waals surface area contributed by atoms with E-state index < -0.39 is 101 Å². The molecule has 3 heterocycles. The number of unbranched alkanes of at least 4 members (excludes halogenated alkanes) is 1. The van der Waals surface area contributed by atoms with Gasteiger partial charge in [0.15, 0.2) is 5.78 Å². The number of aromatic nitrogens is 3. The number of H-pyrrole nitrogens is 2. The number of rotatable bonds is 16. The summed E-state index contributed by atoms with van der Waals surface area (Å²) in [5.41, 5.74) is 2.69. The molecule has 1 aliphatic heterocycles. The van der Waals surface area contributed by atoms with E-state index in [1.54, 1.807) is 43.5 Å². The average molecular weight is 923 g/mol. The molecular weight excluding hydrogens is 861 g/mol. The van der Waals surface area contributed by atoms with E-state index in [0.29, 0.717) is 23.2 Å². The predicted octanol–water partition coefficient (Wildman–Crippen LogP) is 3.20. The highest BCUT2D eigenvalue weighted by Crippen LogP contribution is 2.26. The molecular formula is C49H62N8O10. The summed E-state index contributed by atoms with van der Waals surface area (Å²) in [5, 5.41) is 24.6. The molecule has 18 heteroatoms. The van der Waals surface area contributed by atoms with Gasteiger partial charge < -0.3 is 41.7 Å². The Morgan fingerprint density at radius 3 is 2.30 bits per heavy atom. The minimum atomic E-state index is -1.38. The van der Waals surface area contributed by atoms with Gasteiger partial charge >= 0.3 is 5.97 Å². The summed E-state index contributed by atoms with van der Waals surface area (Å²) in [6.07, 6.45) is 4.51. The van der Waals surface area contributed by atoms with Crippen LogP contribution in [-0.4, -0.2) is 104 Å². The molecule has 1 aliphatic rings. The number of hydrogen-bond acceptors (Lipinski definition) is 10. The van der Waals surface area contributed by atoms with Crippen molar-refractivity contribution in [3.63, 3.8) is 0 Å². The molecule has 5 rings (SSSR count). The lowest BCUT2D eigenvalue weighted by atomic mass is 9.83. The summed E-state index contributed by atoms with van der Waals surface area (Å²) >= 11 is 0. The van der Waals surface area contributed by atoms with Crippen molar-refractivity contribution >= 4 is 63.8 Å². The zero-order valence-electron chi connectivity index (χ0n) is 38.2. The smallest absolute Gasteiger partial charge is 0.307 e. The second-order valence-corrected chi connectivity index (χ2v) is 17.4. The van der Waals surface area contributed by atoms with Crippen LogP contribution in [0.25, 0.3) is 10.9 Å². The Morgan fingerprint density at radius 2 is 1.60 bits per heavy atom. The number of Topliss-reactive ketones (excluding diaryl/α,β-unsaturated/α-hetero) is 3. The molecule has 0 bridgehead atoms. The summed E-state index contributed by atoms with van der Waals surface area (Å²) in [5.74, 6) is -8.90. The zero-order valence-corrected chi connectivity index (χ0v) is 38.2. The maximum absolute atomic E-state index is 14.3. The van der Waals surface area contributed by atoms with Crippen molar-refractivity contribution in [2.45, 2.75) is 122 Å². The van der Waals surface area contributed by atoms with Gasteiger partial charge in [0.05, 0.1) is 18.3 Å². The number of aliphatic carboxylic acids is 1. The van der Waals surface area contributed by atoms with Gasteiger partial charge in [-0.05, 0) is 49.3 Å². The minimum Gasteiger partial charge on any atom is -0.481 e. The molecule has 0 radical (unpaired) electrons. The molecule has 0 saturated carbocycles. The van der Waals surface area contributed by atoms with E-state index in [2.05, 4.69) is 41.5 Å². The molecule has 8 N–H and O–H groups in total. The van der Waals surface area contributed by atoms with E-state index in [1.807, 2.05) is 31.2 Å². The fourth-order valence-corrected chi connectivity index (χ4v) is 8.28. The van der Waals surface area contributed by atoms with E-state index in [4.69, 9.17) is 0 Å². The number of hydrogen-bond donors (Lipinski definition) is 8. The quantitative estimate of drug-likeness (QED) is 0.0808. The molecule has 2 aromatic carbocycles. The number of amides is 5. The van der Waals surface area contributed by atoms with Crippen LogP contribution in [0, 0.1) is 17.8 Å². The van der Waals surface area contributed by atoms with Crippen LogP contribution in [0.2, 0.25) is 0 Å². The van der Waals surface area contributed by atoms with Gasteiger partial charge in [0.25, 0.3) is 0 Å².